The van der Waals surface area contributed by atoms with Crippen molar-refractivity contribution >= 4 is 11.0 Å². The lowest BCUT2D eigenvalue weighted by Gasteiger charge is -2.15. The summed E-state index contributed by atoms with van der Waals surface area (Å²) in [5.74, 6) is 2.01. The molecule has 3 aliphatic carbocycles. The van der Waals surface area contributed by atoms with E-state index in [9.17, 15) is 4.79 Å². The molecule has 1 aromatic rings. The van der Waals surface area contributed by atoms with Crippen LogP contribution in [0.15, 0.2) is 45.6 Å². The largest absolute Gasteiger partial charge is 0.490 e. The molecule has 1 aliphatic heterocycles. The first-order chi connectivity index (χ1) is 13.2. The van der Waals surface area contributed by atoms with E-state index in [1.54, 1.807) is 6.07 Å². The highest BCUT2D eigenvalue weighted by atomic mass is 16.5. The van der Waals surface area contributed by atoms with Crippen molar-refractivity contribution in [3.05, 3.63) is 46.6 Å². The number of hydrogen-bond acceptors (Lipinski definition) is 4. The van der Waals surface area contributed by atoms with E-state index in [-0.39, 0.29) is 11.5 Å². The molecule has 0 saturated heterocycles. The fourth-order valence-electron chi connectivity index (χ4n) is 4.34. The summed E-state index contributed by atoms with van der Waals surface area (Å²) >= 11 is 0. The van der Waals surface area contributed by atoms with Gasteiger partial charge in [0, 0.05) is 23.6 Å². The predicted molar refractivity (Wildman–Crippen MR) is 105 cm³/mol. The molecule has 1 heterocycles. The summed E-state index contributed by atoms with van der Waals surface area (Å²) in [5, 5.41) is 0.905. The first kappa shape index (κ1) is 16.7. The molecule has 4 nitrogen and oxygen atoms in total. The average Bonchev–Trinajstić information content (AvgIpc) is 3.34. The average molecular weight is 364 g/mol. The van der Waals surface area contributed by atoms with Gasteiger partial charge in [0.1, 0.15) is 22.8 Å². The van der Waals surface area contributed by atoms with Crippen molar-refractivity contribution in [3.63, 3.8) is 0 Å². The maximum atomic E-state index is 12.5. The molecule has 0 atom stereocenters. The molecule has 4 heteroatoms. The Hall–Kier alpha value is -2.49. The Morgan fingerprint density at radius 3 is 2.15 bits per heavy atom. The molecule has 2 fully saturated rings. The van der Waals surface area contributed by atoms with E-state index in [0.717, 1.165) is 42.4 Å². The van der Waals surface area contributed by atoms with Crippen LogP contribution in [0.2, 0.25) is 0 Å². The van der Waals surface area contributed by atoms with Gasteiger partial charge >= 0.3 is 0 Å². The van der Waals surface area contributed by atoms with Gasteiger partial charge in [-0.25, -0.2) is 0 Å². The molecule has 0 bridgehead atoms. The second-order valence-corrected chi connectivity index (χ2v) is 7.83. The van der Waals surface area contributed by atoms with Crippen molar-refractivity contribution in [2.45, 2.75) is 63.6 Å². The molecule has 0 radical (unpaired) electrons. The molecule has 5 rings (SSSR count). The van der Waals surface area contributed by atoms with Gasteiger partial charge in [-0.15, -0.1) is 0 Å². The Balaban J connectivity index is 1.50. The zero-order chi connectivity index (χ0) is 18.2. The second kappa shape index (κ2) is 6.91. The van der Waals surface area contributed by atoms with E-state index in [0.29, 0.717) is 23.2 Å². The van der Waals surface area contributed by atoms with Gasteiger partial charge in [-0.05, 0) is 69.6 Å². The fraction of sp³-hybridized carbons (Fsp3) is 0.435. The normalized spacial score (nSPS) is 18.5. The monoisotopic (exact) mass is 364 g/mol. The van der Waals surface area contributed by atoms with Crippen LogP contribution >= 0.6 is 0 Å². The number of hydrogen-bond donors (Lipinski definition) is 0. The highest BCUT2D eigenvalue weighted by Crippen LogP contribution is 2.33. The van der Waals surface area contributed by atoms with Crippen LogP contribution in [0.4, 0.5) is 0 Å². The highest BCUT2D eigenvalue weighted by Gasteiger charge is 2.20. The minimum Gasteiger partial charge on any atom is -0.490 e. The molecule has 27 heavy (non-hydrogen) atoms. The molecule has 1 aromatic carbocycles. The van der Waals surface area contributed by atoms with Crippen LogP contribution in [0, 0.1) is 0 Å². The van der Waals surface area contributed by atoms with Crippen molar-refractivity contribution in [3.8, 4) is 22.8 Å². The van der Waals surface area contributed by atoms with Gasteiger partial charge in [0.05, 0.1) is 17.8 Å². The minimum atomic E-state index is -0.0579. The van der Waals surface area contributed by atoms with Crippen molar-refractivity contribution in [1.29, 1.82) is 0 Å². The zero-order valence-corrected chi connectivity index (χ0v) is 15.4. The smallest absolute Gasteiger partial charge is 0.193 e. The summed E-state index contributed by atoms with van der Waals surface area (Å²) in [5.41, 5.74) is 1.26. The molecular weight excluding hydrogens is 340 g/mol. The Labute approximate surface area is 158 Å². The van der Waals surface area contributed by atoms with Gasteiger partial charge in [0.15, 0.2) is 5.43 Å². The number of rotatable bonds is 4. The summed E-state index contributed by atoms with van der Waals surface area (Å²) in [6.07, 6.45) is 9.75. The van der Waals surface area contributed by atoms with E-state index in [2.05, 4.69) is 0 Å². The van der Waals surface area contributed by atoms with Gasteiger partial charge in [-0.1, -0.05) is 0 Å². The highest BCUT2D eigenvalue weighted by molar-refractivity contribution is 5.84. The van der Waals surface area contributed by atoms with Gasteiger partial charge in [0.25, 0.3) is 0 Å². The van der Waals surface area contributed by atoms with E-state index < -0.39 is 0 Å². The van der Waals surface area contributed by atoms with Crippen LogP contribution in [0.25, 0.3) is 22.3 Å². The van der Waals surface area contributed by atoms with Crippen LogP contribution in [0.5, 0.6) is 11.5 Å². The van der Waals surface area contributed by atoms with Gasteiger partial charge in [-0.3, -0.25) is 4.79 Å². The molecule has 2 saturated carbocycles. The van der Waals surface area contributed by atoms with E-state index >= 15 is 0 Å². The number of fused-ring (bicyclic) bond motifs is 2. The molecule has 0 unspecified atom stereocenters. The standard InChI is InChI=1S/C23H24O4/c24-21-12-19(26-17-7-3-4-8-17)14-23-20(21)11-15-9-10-18(13-22(15)27-23)25-16-5-1-2-6-16/h9-14,16-17H,1-8H2. The van der Waals surface area contributed by atoms with Crippen molar-refractivity contribution in [1.82, 2.24) is 0 Å². The third-order valence-corrected chi connectivity index (χ3v) is 5.79. The molecule has 0 amide bonds. The SMILES string of the molecule is O=c1cc(OC2CCCC2)cc2oc3cc(OC4CCCC4)ccc3cc1-2. The summed E-state index contributed by atoms with van der Waals surface area (Å²) in [4.78, 5) is 12.5. The van der Waals surface area contributed by atoms with Crippen LogP contribution in [0.3, 0.4) is 0 Å². The maximum Gasteiger partial charge on any atom is 0.193 e. The topological polar surface area (TPSA) is 48.7 Å². The zero-order valence-electron chi connectivity index (χ0n) is 15.4. The van der Waals surface area contributed by atoms with E-state index in [1.807, 2.05) is 30.3 Å². The van der Waals surface area contributed by atoms with Crippen molar-refractivity contribution < 1.29 is 13.9 Å². The lowest BCUT2D eigenvalue weighted by atomic mass is 10.1. The quantitative estimate of drug-likeness (QED) is 0.570. The predicted octanol–water partition coefficient (Wildman–Crippen LogP) is 5.54. The Morgan fingerprint density at radius 2 is 1.44 bits per heavy atom. The molecule has 0 aromatic heterocycles. The Bertz CT molecular complexity index is 977. The lowest BCUT2D eigenvalue weighted by molar-refractivity contribution is 0.209. The van der Waals surface area contributed by atoms with Crippen molar-refractivity contribution in [2.24, 2.45) is 0 Å². The first-order valence-electron chi connectivity index (χ1n) is 10.1. The minimum absolute atomic E-state index is 0.0579. The van der Waals surface area contributed by atoms with Crippen molar-refractivity contribution in [2.75, 3.05) is 0 Å². The Morgan fingerprint density at radius 1 is 0.778 bits per heavy atom. The maximum absolute atomic E-state index is 12.5. The molecule has 0 spiro atoms. The summed E-state index contributed by atoms with van der Waals surface area (Å²) < 4.78 is 18.2. The third-order valence-electron chi connectivity index (χ3n) is 5.79. The molecule has 4 aliphatic rings. The molecular formula is C23H24O4. The summed E-state index contributed by atoms with van der Waals surface area (Å²) in [7, 11) is 0. The number of ether oxygens (including phenoxy) is 2. The fourth-order valence-corrected chi connectivity index (χ4v) is 4.34. The van der Waals surface area contributed by atoms with E-state index in [1.165, 1.54) is 25.7 Å². The molecule has 0 N–H and O–H groups in total. The molecule has 140 valence electrons. The van der Waals surface area contributed by atoms with Gasteiger partial charge in [-0.2, -0.15) is 0 Å². The third kappa shape index (κ3) is 3.41. The lowest BCUT2D eigenvalue weighted by Crippen LogP contribution is -2.13. The summed E-state index contributed by atoms with van der Waals surface area (Å²) in [6.45, 7) is 0. The number of benzene rings is 2. The van der Waals surface area contributed by atoms with Gasteiger partial charge < -0.3 is 13.9 Å². The first-order valence-corrected chi connectivity index (χ1v) is 10.1. The Kier molecular flexibility index (Phi) is 4.27. The van der Waals surface area contributed by atoms with Crippen LogP contribution < -0.4 is 14.9 Å². The second-order valence-electron chi connectivity index (χ2n) is 7.83. The summed E-state index contributed by atoms with van der Waals surface area (Å²) in [6, 6.07) is 11.2. The van der Waals surface area contributed by atoms with Crippen LogP contribution in [-0.4, -0.2) is 12.2 Å². The van der Waals surface area contributed by atoms with Gasteiger partial charge in [0.2, 0.25) is 0 Å². The van der Waals surface area contributed by atoms with Crippen LogP contribution in [0.1, 0.15) is 51.4 Å². The van der Waals surface area contributed by atoms with E-state index in [4.69, 9.17) is 13.9 Å². The van der Waals surface area contributed by atoms with Crippen LogP contribution in [-0.2, 0) is 0 Å².